The van der Waals surface area contributed by atoms with Crippen LogP contribution in [0.4, 0.5) is 0 Å². The summed E-state index contributed by atoms with van der Waals surface area (Å²) in [5.74, 6) is 1.40. The van der Waals surface area contributed by atoms with Gasteiger partial charge in [-0.25, -0.2) is 0 Å². The maximum absolute atomic E-state index is 12.1. The number of halogens is 1. The molecule has 22 heavy (non-hydrogen) atoms. The third kappa shape index (κ3) is 4.78. The Morgan fingerprint density at radius 1 is 1.36 bits per heavy atom. The predicted octanol–water partition coefficient (Wildman–Crippen LogP) is 2.27. The molecule has 0 aromatic heterocycles. The van der Waals surface area contributed by atoms with Crippen LogP contribution >= 0.6 is 12.4 Å². The molecule has 1 aliphatic rings. The molecule has 5 nitrogen and oxygen atoms in total. The van der Waals surface area contributed by atoms with Crippen molar-refractivity contribution in [2.45, 2.75) is 44.2 Å². The molecule has 124 valence electrons. The van der Waals surface area contributed by atoms with E-state index in [0.29, 0.717) is 6.54 Å². The lowest BCUT2D eigenvalue weighted by Gasteiger charge is -2.24. The van der Waals surface area contributed by atoms with Gasteiger partial charge in [-0.05, 0) is 31.9 Å². The Bertz CT molecular complexity index is 490. The van der Waals surface area contributed by atoms with E-state index in [9.17, 15) is 4.79 Å². The van der Waals surface area contributed by atoms with Crippen molar-refractivity contribution in [3.63, 3.8) is 0 Å². The third-order valence-corrected chi connectivity index (χ3v) is 3.88. The summed E-state index contributed by atoms with van der Waals surface area (Å²) in [4.78, 5) is 12.1. The molecule has 0 aliphatic heterocycles. The molecule has 6 heteroatoms. The minimum atomic E-state index is -0.685. The van der Waals surface area contributed by atoms with Crippen LogP contribution in [0.3, 0.4) is 0 Å². The monoisotopic (exact) mass is 328 g/mol. The Labute approximate surface area is 138 Å². The maximum Gasteiger partial charge on any atom is 0.240 e. The highest BCUT2D eigenvalue weighted by atomic mass is 35.5. The summed E-state index contributed by atoms with van der Waals surface area (Å²) in [7, 11) is 1.62. The number of rotatable bonds is 6. The zero-order chi connectivity index (χ0) is 15.3. The molecular formula is C16H25ClN2O3. The second kappa shape index (κ2) is 8.25. The van der Waals surface area contributed by atoms with Gasteiger partial charge >= 0.3 is 0 Å². The van der Waals surface area contributed by atoms with Gasteiger partial charge in [0.1, 0.15) is 17.6 Å². The highest BCUT2D eigenvalue weighted by Crippen LogP contribution is 2.27. The molecule has 1 atom stereocenters. The Hall–Kier alpha value is -1.46. The van der Waals surface area contributed by atoms with Crippen molar-refractivity contribution in [1.29, 1.82) is 0 Å². The number of hydrogen-bond acceptors (Lipinski definition) is 4. The van der Waals surface area contributed by atoms with Crippen molar-refractivity contribution in [2.24, 2.45) is 5.73 Å². The lowest BCUT2D eigenvalue weighted by molar-refractivity contribution is -0.126. The number of carbonyl (C=O) groups excluding carboxylic acids is 1. The zero-order valence-electron chi connectivity index (χ0n) is 13.1. The van der Waals surface area contributed by atoms with Gasteiger partial charge in [-0.1, -0.05) is 18.9 Å². The SMILES string of the molecule is COc1cccc(OC(C)CNC(=O)C2(N)CCCC2)c1.Cl. The smallest absolute Gasteiger partial charge is 0.240 e. The van der Waals surface area contributed by atoms with Crippen LogP contribution in [0.15, 0.2) is 24.3 Å². The number of nitrogens with two attached hydrogens (primary N) is 1. The summed E-state index contributed by atoms with van der Waals surface area (Å²) in [6.07, 6.45) is 3.46. The molecule has 1 aromatic carbocycles. The van der Waals surface area contributed by atoms with Gasteiger partial charge in [0.25, 0.3) is 0 Å². The Morgan fingerprint density at radius 3 is 2.64 bits per heavy atom. The lowest BCUT2D eigenvalue weighted by atomic mass is 9.98. The summed E-state index contributed by atoms with van der Waals surface area (Å²) in [6.45, 7) is 2.35. The molecule has 3 N–H and O–H groups in total. The highest BCUT2D eigenvalue weighted by molar-refractivity contribution is 5.86. The first kappa shape index (κ1) is 18.6. The van der Waals surface area contributed by atoms with Crippen LogP contribution in [0.1, 0.15) is 32.6 Å². The molecule has 0 radical (unpaired) electrons. The lowest BCUT2D eigenvalue weighted by Crippen LogP contribution is -2.53. The van der Waals surface area contributed by atoms with Gasteiger partial charge in [0.15, 0.2) is 0 Å². The number of benzene rings is 1. The Balaban J connectivity index is 0.00000242. The van der Waals surface area contributed by atoms with Crippen LogP contribution in [0, 0.1) is 0 Å². The van der Waals surface area contributed by atoms with E-state index < -0.39 is 5.54 Å². The number of ether oxygens (including phenoxy) is 2. The molecule has 0 spiro atoms. The van der Waals surface area contributed by atoms with E-state index in [-0.39, 0.29) is 24.4 Å². The van der Waals surface area contributed by atoms with Crippen LogP contribution in [0.25, 0.3) is 0 Å². The number of nitrogens with one attached hydrogen (secondary N) is 1. The summed E-state index contributed by atoms with van der Waals surface area (Å²) < 4.78 is 10.9. The highest BCUT2D eigenvalue weighted by Gasteiger charge is 2.36. The number of hydrogen-bond donors (Lipinski definition) is 2. The van der Waals surface area contributed by atoms with Crippen molar-refractivity contribution in [3.8, 4) is 11.5 Å². The quantitative estimate of drug-likeness (QED) is 0.840. The predicted molar refractivity (Wildman–Crippen MR) is 88.7 cm³/mol. The fourth-order valence-corrected chi connectivity index (χ4v) is 2.59. The second-order valence-corrected chi connectivity index (χ2v) is 5.68. The molecule has 0 saturated heterocycles. The van der Waals surface area contributed by atoms with Crippen molar-refractivity contribution >= 4 is 18.3 Å². The third-order valence-electron chi connectivity index (χ3n) is 3.88. The molecule has 1 fully saturated rings. The first-order valence-electron chi connectivity index (χ1n) is 7.41. The normalized spacial score (nSPS) is 17.2. The van der Waals surface area contributed by atoms with E-state index >= 15 is 0 Å². The summed E-state index contributed by atoms with van der Waals surface area (Å²) >= 11 is 0. The van der Waals surface area contributed by atoms with Crippen molar-refractivity contribution in [1.82, 2.24) is 5.32 Å². The van der Waals surface area contributed by atoms with Crippen LogP contribution in [0.5, 0.6) is 11.5 Å². The van der Waals surface area contributed by atoms with E-state index in [1.807, 2.05) is 31.2 Å². The average Bonchev–Trinajstić information content (AvgIpc) is 2.93. The van der Waals surface area contributed by atoms with Crippen LogP contribution in [-0.2, 0) is 4.79 Å². The summed E-state index contributed by atoms with van der Waals surface area (Å²) in [6, 6.07) is 7.41. The first-order valence-corrected chi connectivity index (χ1v) is 7.41. The standard InChI is InChI=1S/C16H24N2O3.ClH/c1-12(21-14-7-5-6-13(10-14)20-2)11-18-15(19)16(17)8-3-4-9-16;/h5-7,10,12H,3-4,8-9,11,17H2,1-2H3,(H,18,19);1H. The molecule has 0 heterocycles. The van der Waals surface area contributed by atoms with E-state index in [1.54, 1.807) is 7.11 Å². The Morgan fingerprint density at radius 2 is 2.00 bits per heavy atom. The zero-order valence-corrected chi connectivity index (χ0v) is 13.9. The van der Waals surface area contributed by atoms with Crippen molar-refractivity contribution in [3.05, 3.63) is 24.3 Å². The van der Waals surface area contributed by atoms with Crippen molar-refractivity contribution < 1.29 is 14.3 Å². The molecule has 1 saturated carbocycles. The number of methoxy groups -OCH3 is 1. The molecule has 1 aromatic rings. The minimum absolute atomic E-state index is 0. The molecule has 1 aliphatic carbocycles. The largest absolute Gasteiger partial charge is 0.497 e. The summed E-state index contributed by atoms with van der Waals surface area (Å²) in [5, 5.41) is 2.89. The fourth-order valence-electron chi connectivity index (χ4n) is 2.59. The average molecular weight is 329 g/mol. The van der Waals surface area contributed by atoms with Gasteiger partial charge in [0.2, 0.25) is 5.91 Å². The molecule has 2 rings (SSSR count). The first-order chi connectivity index (χ1) is 10.0. The molecule has 0 bridgehead atoms. The topological polar surface area (TPSA) is 73.6 Å². The van der Waals surface area contributed by atoms with E-state index in [2.05, 4.69) is 5.32 Å². The molecule has 1 unspecified atom stereocenters. The molecular weight excluding hydrogens is 304 g/mol. The van der Waals surface area contributed by atoms with Crippen LogP contribution in [0.2, 0.25) is 0 Å². The van der Waals surface area contributed by atoms with Crippen LogP contribution in [-0.4, -0.2) is 31.2 Å². The van der Waals surface area contributed by atoms with Crippen molar-refractivity contribution in [2.75, 3.05) is 13.7 Å². The molecule has 1 amide bonds. The van der Waals surface area contributed by atoms with Crippen LogP contribution < -0.4 is 20.5 Å². The maximum atomic E-state index is 12.1. The second-order valence-electron chi connectivity index (χ2n) is 5.68. The van der Waals surface area contributed by atoms with Gasteiger partial charge in [0, 0.05) is 6.07 Å². The summed E-state index contributed by atoms with van der Waals surface area (Å²) in [5.41, 5.74) is 5.43. The van der Waals surface area contributed by atoms with Gasteiger partial charge in [-0.3, -0.25) is 4.79 Å². The number of amides is 1. The number of carbonyl (C=O) groups is 1. The van der Waals surface area contributed by atoms with E-state index in [0.717, 1.165) is 37.2 Å². The van der Waals surface area contributed by atoms with Gasteiger partial charge < -0.3 is 20.5 Å². The van der Waals surface area contributed by atoms with E-state index in [1.165, 1.54) is 0 Å². The minimum Gasteiger partial charge on any atom is -0.497 e. The van der Waals surface area contributed by atoms with Gasteiger partial charge in [-0.2, -0.15) is 0 Å². The Kier molecular flexibility index (Phi) is 6.97. The van der Waals surface area contributed by atoms with E-state index in [4.69, 9.17) is 15.2 Å². The van der Waals surface area contributed by atoms with Gasteiger partial charge in [-0.15, -0.1) is 12.4 Å². The fraction of sp³-hybridized carbons (Fsp3) is 0.562. The van der Waals surface area contributed by atoms with Gasteiger partial charge in [0.05, 0.1) is 19.2 Å².